The van der Waals surface area contributed by atoms with E-state index in [2.05, 4.69) is 44.0 Å². The monoisotopic (exact) mass is 215 g/mol. The maximum absolute atomic E-state index is 4.73. The average molecular weight is 215 g/mol. The summed E-state index contributed by atoms with van der Waals surface area (Å²) in [5.74, 6) is 0.848. The molecule has 0 aromatic carbocycles. The highest BCUT2D eigenvalue weighted by Crippen LogP contribution is 2.25. The lowest BCUT2D eigenvalue weighted by atomic mass is 10.0. The van der Waals surface area contributed by atoms with Gasteiger partial charge < -0.3 is 0 Å². The molecule has 0 radical (unpaired) electrons. The summed E-state index contributed by atoms with van der Waals surface area (Å²) in [6.07, 6.45) is 3.62. The number of nitrogens with zero attached hydrogens (tertiary/aromatic N) is 3. The van der Waals surface area contributed by atoms with Gasteiger partial charge in [-0.2, -0.15) is 10.2 Å². The second-order valence-electron chi connectivity index (χ2n) is 4.73. The summed E-state index contributed by atoms with van der Waals surface area (Å²) in [4.78, 5) is 4.73. The second-order valence-corrected chi connectivity index (χ2v) is 4.73. The Morgan fingerprint density at radius 2 is 1.62 bits per heavy atom. The van der Waals surface area contributed by atoms with E-state index in [0.717, 1.165) is 22.2 Å². The predicted octanol–water partition coefficient (Wildman–Crippen LogP) is 3.27. The summed E-state index contributed by atoms with van der Waals surface area (Å²) in [6, 6.07) is 2.11. The van der Waals surface area contributed by atoms with E-state index in [9.17, 15) is 0 Å². The number of hydrogen-bond acceptors (Lipinski definition) is 3. The van der Waals surface area contributed by atoms with Crippen molar-refractivity contribution < 1.29 is 0 Å². The average Bonchev–Trinajstić information content (AvgIpc) is 2.27. The van der Waals surface area contributed by atoms with Crippen molar-refractivity contribution in [3.8, 4) is 0 Å². The van der Waals surface area contributed by atoms with Crippen molar-refractivity contribution in [1.29, 1.82) is 0 Å². The van der Waals surface area contributed by atoms with E-state index in [1.807, 2.05) is 12.4 Å². The SMILES string of the molecule is CC(C)c1cc2cnncc2c(C(C)C)n1. The molecule has 0 fully saturated rings. The zero-order valence-corrected chi connectivity index (χ0v) is 10.2. The molecule has 0 N–H and O–H groups in total. The van der Waals surface area contributed by atoms with Gasteiger partial charge in [0, 0.05) is 16.5 Å². The van der Waals surface area contributed by atoms with E-state index >= 15 is 0 Å². The smallest absolute Gasteiger partial charge is 0.0593 e. The summed E-state index contributed by atoms with van der Waals surface area (Å²) in [7, 11) is 0. The third-order valence-electron chi connectivity index (χ3n) is 2.73. The normalized spacial score (nSPS) is 11.6. The van der Waals surface area contributed by atoms with Gasteiger partial charge in [-0.15, -0.1) is 0 Å². The molecule has 84 valence electrons. The molecule has 2 heterocycles. The van der Waals surface area contributed by atoms with Crippen LogP contribution < -0.4 is 0 Å². The van der Waals surface area contributed by atoms with E-state index < -0.39 is 0 Å². The Morgan fingerprint density at radius 1 is 0.938 bits per heavy atom. The zero-order valence-electron chi connectivity index (χ0n) is 10.2. The van der Waals surface area contributed by atoms with E-state index in [4.69, 9.17) is 4.98 Å². The highest BCUT2D eigenvalue weighted by Gasteiger charge is 2.11. The first-order valence-electron chi connectivity index (χ1n) is 5.71. The minimum Gasteiger partial charge on any atom is -0.257 e. The van der Waals surface area contributed by atoms with E-state index in [0.29, 0.717) is 11.8 Å². The van der Waals surface area contributed by atoms with Crippen LogP contribution in [0.4, 0.5) is 0 Å². The first-order valence-corrected chi connectivity index (χ1v) is 5.71. The topological polar surface area (TPSA) is 38.7 Å². The summed E-state index contributed by atoms with van der Waals surface area (Å²) < 4.78 is 0. The second kappa shape index (κ2) is 4.16. The number of aromatic nitrogens is 3. The van der Waals surface area contributed by atoms with Gasteiger partial charge in [0.05, 0.1) is 18.1 Å². The number of hydrogen-bond donors (Lipinski definition) is 0. The van der Waals surface area contributed by atoms with Gasteiger partial charge in [0.15, 0.2) is 0 Å². The molecule has 3 nitrogen and oxygen atoms in total. The van der Waals surface area contributed by atoms with Crippen LogP contribution in [0.2, 0.25) is 0 Å². The zero-order chi connectivity index (χ0) is 11.7. The van der Waals surface area contributed by atoms with Gasteiger partial charge in [-0.1, -0.05) is 27.7 Å². The maximum atomic E-state index is 4.73. The molecular formula is C13H17N3. The molecule has 0 aliphatic heterocycles. The number of rotatable bonds is 2. The minimum atomic E-state index is 0.408. The lowest BCUT2D eigenvalue weighted by molar-refractivity contribution is 0.773. The van der Waals surface area contributed by atoms with Gasteiger partial charge in [0.1, 0.15) is 0 Å². The summed E-state index contributed by atoms with van der Waals surface area (Å²) >= 11 is 0. The Morgan fingerprint density at radius 3 is 2.25 bits per heavy atom. The summed E-state index contributed by atoms with van der Waals surface area (Å²) in [6.45, 7) is 8.64. The first-order chi connectivity index (χ1) is 7.59. The molecule has 0 aliphatic carbocycles. The maximum Gasteiger partial charge on any atom is 0.0593 e. The fourth-order valence-electron chi connectivity index (χ4n) is 1.79. The van der Waals surface area contributed by atoms with Crippen LogP contribution in [-0.2, 0) is 0 Å². The van der Waals surface area contributed by atoms with Gasteiger partial charge in [0.2, 0.25) is 0 Å². The first kappa shape index (κ1) is 11.0. The third kappa shape index (κ3) is 1.90. The van der Waals surface area contributed by atoms with Crippen LogP contribution in [0.15, 0.2) is 18.5 Å². The van der Waals surface area contributed by atoms with Gasteiger partial charge in [0.25, 0.3) is 0 Å². The quantitative estimate of drug-likeness (QED) is 0.771. The molecule has 2 rings (SSSR count). The van der Waals surface area contributed by atoms with Gasteiger partial charge >= 0.3 is 0 Å². The van der Waals surface area contributed by atoms with Crippen molar-refractivity contribution in [3.63, 3.8) is 0 Å². The van der Waals surface area contributed by atoms with Crippen molar-refractivity contribution in [3.05, 3.63) is 29.8 Å². The fraction of sp³-hybridized carbons (Fsp3) is 0.462. The lowest BCUT2D eigenvalue weighted by Crippen LogP contribution is -2.01. The Balaban J connectivity index is 2.74. The molecule has 0 spiro atoms. The van der Waals surface area contributed by atoms with Crippen LogP contribution >= 0.6 is 0 Å². The summed E-state index contributed by atoms with van der Waals surface area (Å²) in [5, 5.41) is 10.1. The van der Waals surface area contributed by atoms with Crippen molar-refractivity contribution >= 4 is 10.8 Å². The number of pyridine rings is 1. The predicted molar refractivity (Wildman–Crippen MR) is 65.5 cm³/mol. The van der Waals surface area contributed by atoms with Crippen LogP contribution in [0.1, 0.15) is 50.9 Å². The molecule has 2 aromatic rings. The number of fused-ring (bicyclic) bond motifs is 1. The molecule has 0 unspecified atom stereocenters. The molecule has 0 amide bonds. The van der Waals surface area contributed by atoms with Crippen molar-refractivity contribution in [2.24, 2.45) is 0 Å². The Labute approximate surface area is 95.9 Å². The molecule has 0 saturated carbocycles. The van der Waals surface area contributed by atoms with Crippen LogP contribution in [0.25, 0.3) is 10.8 Å². The highest BCUT2D eigenvalue weighted by atomic mass is 15.1. The van der Waals surface area contributed by atoms with Crippen LogP contribution in [0, 0.1) is 0 Å². The fourth-order valence-corrected chi connectivity index (χ4v) is 1.79. The van der Waals surface area contributed by atoms with E-state index in [1.165, 1.54) is 0 Å². The highest BCUT2D eigenvalue weighted by molar-refractivity contribution is 5.83. The Bertz CT molecular complexity index is 504. The Kier molecular flexibility index (Phi) is 2.86. The molecule has 0 bridgehead atoms. The Hall–Kier alpha value is -1.51. The van der Waals surface area contributed by atoms with Crippen molar-refractivity contribution in [2.45, 2.75) is 39.5 Å². The van der Waals surface area contributed by atoms with Crippen molar-refractivity contribution in [2.75, 3.05) is 0 Å². The molecular weight excluding hydrogens is 198 g/mol. The van der Waals surface area contributed by atoms with E-state index in [-0.39, 0.29) is 0 Å². The lowest BCUT2D eigenvalue weighted by Gasteiger charge is -2.12. The van der Waals surface area contributed by atoms with Gasteiger partial charge in [-0.3, -0.25) is 4.98 Å². The van der Waals surface area contributed by atoms with Crippen LogP contribution in [0.3, 0.4) is 0 Å². The standard InChI is InChI=1S/C13H17N3/c1-8(2)12-5-10-6-14-15-7-11(10)13(16-12)9(3)4/h5-9H,1-4H3. The molecule has 3 heteroatoms. The molecule has 0 aliphatic rings. The van der Waals surface area contributed by atoms with Crippen LogP contribution in [0.5, 0.6) is 0 Å². The van der Waals surface area contributed by atoms with Crippen molar-refractivity contribution in [1.82, 2.24) is 15.2 Å². The summed E-state index contributed by atoms with van der Waals surface area (Å²) in [5.41, 5.74) is 2.25. The minimum absolute atomic E-state index is 0.408. The molecule has 0 atom stereocenters. The largest absolute Gasteiger partial charge is 0.257 e. The third-order valence-corrected chi connectivity index (χ3v) is 2.73. The van der Waals surface area contributed by atoms with E-state index in [1.54, 1.807) is 0 Å². The van der Waals surface area contributed by atoms with Gasteiger partial charge in [-0.05, 0) is 17.9 Å². The molecule has 0 saturated heterocycles. The van der Waals surface area contributed by atoms with Crippen LogP contribution in [-0.4, -0.2) is 15.2 Å². The molecule has 2 aromatic heterocycles. The van der Waals surface area contributed by atoms with Gasteiger partial charge in [-0.25, -0.2) is 0 Å². The molecule has 16 heavy (non-hydrogen) atoms.